The second-order valence-corrected chi connectivity index (χ2v) is 2.56. The molecule has 11 heavy (non-hydrogen) atoms. The molecule has 2 N–H and O–H groups in total. The summed E-state index contributed by atoms with van der Waals surface area (Å²) in [7, 11) is 0. The van der Waals surface area contributed by atoms with Crippen molar-refractivity contribution in [3.05, 3.63) is 12.2 Å². The van der Waals surface area contributed by atoms with Gasteiger partial charge in [0, 0.05) is 12.5 Å². The zero-order chi connectivity index (χ0) is 6.81. The van der Waals surface area contributed by atoms with Crippen LogP contribution in [0.3, 0.4) is 0 Å². The molecule has 0 spiro atoms. The van der Waals surface area contributed by atoms with E-state index >= 15 is 0 Å². The zero-order valence-electron chi connectivity index (χ0n) is 6.08. The predicted molar refractivity (Wildman–Crippen MR) is 43.9 cm³/mol. The molecule has 62 valence electrons. The van der Waals surface area contributed by atoms with Crippen molar-refractivity contribution in [2.24, 2.45) is 0 Å². The van der Waals surface area contributed by atoms with Crippen LogP contribution in [-0.4, -0.2) is 28.3 Å². The van der Waals surface area contributed by atoms with Crippen molar-refractivity contribution >= 4 is 12.4 Å². The summed E-state index contributed by atoms with van der Waals surface area (Å²) in [5, 5.41) is 9.95. The molecule has 2 rings (SSSR count). The van der Waals surface area contributed by atoms with Crippen LogP contribution < -0.4 is 5.32 Å². The monoisotopic (exact) mass is 174 g/mol. The first kappa shape index (κ1) is 8.49. The van der Waals surface area contributed by atoms with Crippen LogP contribution in [0.4, 0.5) is 0 Å². The Balaban J connectivity index is 0.000000605. The van der Waals surface area contributed by atoms with Crippen LogP contribution >= 0.6 is 12.4 Å². The predicted octanol–water partition coefficient (Wildman–Crippen LogP) is 0.303. The maximum Gasteiger partial charge on any atom is 0.137 e. The summed E-state index contributed by atoms with van der Waals surface area (Å²) in [4.78, 5) is 4.09. The Kier molecular flexibility index (Phi) is 2.84. The van der Waals surface area contributed by atoms with Crippen molar-refractivity contribution in [2.75, 3.05) is 13.1 Å². The average Bonchev–Trinajstić information content (AvgIpc) is 2.59. The normalized spacial score (nSPS) is 23.1. The van der Waals surface area contributed by atoms with E-state index in [1.165, 1.54) is 6.42 Å². The molecular formula is C6H11ClN4. The fourth-order valence-electron chi connectivity index (χ4n) is 1.30. The number of halogens is 1. The van der Waals surface area contributed by atoms with Gasteiger partial charge in [0.2, 0.25) is 0 Å². The third kappa shape index (κ3) is 1.70. The lowest BCUT2D eigenvalue weighted by atomic mass is 10.1. The van der Waals surface area contributed by atoms with Crippen LogP contribution in [0.2, 0.25) is 0 Å². The molecule has 0 amide bonds. The Hall–Kier alpha value is -0.610. The van der Waals surface area contributed by atoms with Crippen molar-refractivity contribution in [1.82, 2.24) is 20.5 Å². The van der Waals surface area contributed by atoms with Gasteiger partial charge in [-0.3, -0.25) is 5.10 Å². The SMILES string of the molecule is Cl.c1n[nH]c([C@@H]2CCNC2)n1. The Labute approximate surface area is 71.2 Å². The van der Waals surface area contributed by atoms with E-state index in [-0.39, 0.29) is 12.4 Å². The molecule has 1 aromatic heterocycles. The second-order valence-electron chi connectivity index (χ2n) is 2.56. The van der Waals surface area contributed by atoms with E-state index in [1.54, 1.807) is 6.33 Å². The van der Waals surface area contributed by atoms with Crippen molar-refractivity contribution in [1.29, 1.82) is 0 Å². The number of aromatic nitrogens is 3. The number of hydrogen-bond acceptors (Lipinski definition) is 3. The molecule has 1 aromatic rings. The Morgan fingerprint density at radius 3 is 3.00 bits per heavy atom. The molecule has 1 aliphatic rings. The van der Waals surface area contributed by atoms with Gasteiger partial charge < -0.3 is 5.32 Å². The van der Waals surface area contributed by atoms with Crippen LogP contribution in [0.15, 0.2) is 6.33 Å². The topological polar surface area (TPSA) is 53.6 Å². The van der Waals surface area contributed by atoms with Crippen molar-refractivity contribution < 1.29 is 0 Å². The molecular weight excluding hydrogens is 164 g/mol. The standard InChI is InChI=1S/C6H10N4.ClH/c1-2-7-3-5(1)6-8-4-9-10-6;/h4-5,7H,1-3H2,(H,8,9,10);1H/t5-;/m1./s1. The first-order valence-electron chi connectivity index (χ1n) is 3.53. The van der Waals surface area contributed by atoms with Gasteiger partial charge in [0.25, 0.3) is 0 Å². The first-order valence-corrected chi connectivity index (χ1v) is 3.53. The first-order chi connectivity index (χ1) is 4.97. The van der Waals surface area contributed by atoms with Gasteiger partial charge in [-0.2, -0.15) is 5.10 Å². The van der Waals surface area contributed by atoms with Crippen molar-refractivity contribution in [3.8, 4) is 0 Å². The Bertz CT molecular complexity index is 192. The molecule has 2 heterocycles. The Morgan fingerprint density at radius 1 is 1.55 bits per heavy atom. The molecule has 1 atom stereocenters. The van der Waals surface area contributed by atoms with E-state index in [1.807, 2.05) is 0 Å². The number of H-pyrrole nitrogens is 1. The van der Waals surface area contributed by atoms with E-state index < -0.39 is 0 Å². The van der Waals surface area contributed by atoms with Gasteiger partial charge in [0.05, 0.1) is 0 Å². The van der Waals surface area contributed by atoms with E-state index in [9.17, 15) is 0 Å². The number of hydrogen-bond donors (Lipinski definition) is 2. The second kappa shape index (κ2) is 3.69. The van der Waals surface area contributed by atoms with Gasteiger partial charge in [0.1, 0.15) is 12.2 Å². The summed E-state index contributed by atoms with van der Waals surface area (Å²) in [6.07, 6.45) is 2.74. The van der Waals surface area contributed by atoms with E-state index in [0.717, 1.165) is 18.9 Å². The van der Waals surface area contributed by atoms with Crippen LogP contribution in [0.1, 0.15) is 18.2 Å². The number of rotatable bonds is 1. The number of aromatic amines is 1. The molecule has 1 fully saturated rings. The van der Waals surface area contributed by atoms with Gasteiger partial charge in [-0.05, 0) is 13.0 Å². The van der Waals surface area contributed by atoms with Crippen LogP contribution in [0.5, 0.6) is 0 Å². The fourth-order valence-corrected chi connectivity index (χ4v) is 1.30. The summed E-state index contributed by atoms with van der Waals surface area (Å²) in [6.45, 7) is 2.14. The van der Waals surface area contributed by atoms with Gasteiger partial charge in [-0.15, -0.1) is 12.4 Å². The Morgan fingerprint density at radius 2 is 2.45 bits per heavy atom. The lowest BCUT2D eigenvalue weighted by molar-refractivity contribution is 0.706. The summed E-state index contributed by atoms with van der Waals surface area (Å²) in [5.41, 5.74) is 0. The molecule has 0 aliphatic carbocycles. The molecule has 0 aromatic carbocycles. The molecule has 0 unspecified atom stereocenters. The third-order valence-corrected chi connectivity index (χ3v) is 1.88. The largest absolute Gasteiger partial charge is 0.316 e. The van der Waals surface area contributed by atoms with E-state index in [4.69, 9.17) is 0 Å². The highest BCUT2D eigenvalue weighted by atomic mass is 35.5. The lowest BCUT2D eigenvalue weighted by Gasteiger charge is -2.00. The molecule has 0 bridgehead atoms. The van der Waals surface area contributed by atoms with Gasteiger partial charge in [-0.25, -0.2) is 4.98 Å². The van der Waals surface area contributed by atoms with Gasteiger partial charge in [0.15, 0.2) is 0 Å². The quantitative estimate of drug-likeness (QED) is 0.644. The maximum absolute atomic E-state index is 4.09. The minimum absolute atomic E-state index is 0. The molecule has 0 radical (unpaired) electrons. The third-order valence-electron chi connectivity index (χ3n) is 1.88. The minimum Gasteiger partial charge on any atom is -0.316 e. The number of nitrogens with zero attached hydrogens (tertiary/aromatic N) is 2. The summed E-state index contributed by atoms with van der Waals surface area (Å²) < 4.78 is 0. The molecule has 1 saturated heterocycles. The van der Waals surface area contributed by atoms with Crippen LogP contribution in [0, 0.1) is 0 Å². The smallest absolute Gasteiger partial charge is 0.137 e. The van der Waals surface area contributed by atoms with Gasteiger partial charge in [-0.1, -0.05) is 0 Å². The van der Waals surface area contributed by atoms with Crippen molar-refractivity contribution in [3.63, 3.8) is 0 Å². The summed E-state index contributed by atoms with van der Waals surface area (Å²) in [6, 6.07) is 0. The zero-order valence-corrected chi connectivity index (χ0v) is 6.90. The minimum atomic E-state index is 0. The highest BCUT2D eigenvalue weighted by molar-refractivity contribution is 5.85. The maximum atomic E-state index is 4.09. The molecule has 0 saturated carbocycles. The average molecular weight is 175 g/mol. The molecule has 5 heteroatoms. The summed E-state index contributed by atoms with van der Waals surface area (Å²) >= 11 is 0. The van der Waals surface area contributed by atoms with E-state index in [2.05, 4.69) is 20.5 Å². The summed E-state index contributed by atoms with van der Waals surface area (Å²) in [5.74, 6) is 1.58. The van der Waals surface area contributed by atoms with Crippen molar-refractivity contribution in [2.45, 2.75) is 12.3 Å². The number of nitrogens with one attached hydrogen (secondary N) is 2. The van der Waals surface area contributed by atoms with Gasteiger partial charge >= 0.3 is 0 Å². The molecule has 1 aliphatic heterocycles. The molecule has 4 nitrogen and oxygen atoms in total. The van der Waals surface area contributed by atoms with Crippen LogP contribution in [-0.2, 0) is 0 Å². The fraction of sp³-hybridized carbons (Fsp3) is 0.667. The highest BCUT2D eigenvalue weighted by Gasteiger charge is 2.18. The lowest BCUT2D eigenvalue weighted by Crippen LogP contribution is -2.08. The highest BCUT2D eigenvalue weighted by Crippen LogP contribution is 2.16. The van der Waals surface area contributed by atoms with E-state index in [0.29, 0.717) is 5.92 Å². The van der Waals surface area contributed by atoms with Crippen LogP contribution in [0.25, 0.3) is 0 Å².